The lowest BCUT2D eigenvalue weighted by Crippen LogP contribution is -2.49. The fourth-order valence-corrected chi connectivity index (χ4v) is 4.07. The van der Waals surface area contributed by atoms with Gasteiger partial charge in [-0.2, -0.15) is 0 Å². The van der Waals surface area contributed by atoms with E-state index in [1.807, 2.05) is 16.5 Å². The molecule has 2 aromatic heterocycles. The van der Waals surface area contributed by atoms with Crippen LogP contribution in [0, 0.1) is 0 Å². The van der Waals surface area contributed by atoms with Gasteiger partial charge in [0.1, 0.15) is 0 Å². The normalized spacial score (nSPS) is 23.5. The van der Waals surface area contributed by atoms with Crippen molar-refractivity contribution in [1.29, 1.82) is 0 Å². The van der Waals surface area contributed by atoms with E-state index in [2.05, 4.69) is 20.5 Å². The van der Waals surface area contributed by atoms with E-state index in [-0.39, 0.29) is 11.9 Å². The molecule has 1 amide bonds. The van der Waals surface area contributed by atoms with Gasteiger partial charge in [0.2, 0.25) is 5.91 Å². The van der Waals surface area contributed by atoms with Crippen molar-refractivity contribution < 1.29 is 9.53 Å². The topological polar surface area (TPSA) is 50.1 Å². The lowest BCUT2D eigenvalue weighted by molar-refractivity contribution is -0.140. The van der Waals surface area contributed by atoms with E-state index in [0.29, 0.717) is 13.2 Å². The minimum absolute atomic E-state index is 0.0119. The summed E-state index contributed by atoms with van der Waals surface area (Å²) in [7, 11) is 0. The average Bonchev–Trinajstić information content (AvgIpc) is 3.23. The van der Waals surface area contributed by atoms with Gasteiger partial charge in [-0.1, -0.05) is 0 Å². The molecule has 2 saturated heterocycles. The molecule has 6 nitrogen and oxygen atoms in total. The molecule has 4 rings (SSSR count). The van der Waals surface area contributed by atoms with Crippen LogP contribution in [0.5, 0.6) is 0 Å². The lowest BCUT2D eigenvalue weighted by atomic mass is 10.2. The molecule has 2 aliphatic heterocycles. The maximum absolute atomic E-state index is 12.7. The third kappa shape index (κ3) is 2.64. The third-order valence-corrected chi connectivity index (χ3v) is 5.25. The Kier molecular flexibility index (Phi) is 3.85. The van der Waals surface area contributed by atoms with Gasteiger partial charge in [-0.05, 0) is 19.4 Å². The van der Waals surface area contributed by atoms with Crippen LogP contribution in [-0.2, 0) is 16.1 Å². The second kappa shape index (κ2) is 5.98. The zero-order chi connectivity index (χ0) is 14.9. The van der Waals surface area contributed by atoms with E-state index in [0.717, 1.165) is 49.7 Å². The summed E-state index contributed by atoms with van der Waals surface area (Å²) in [6.45, 7) is 4.51. The number of morpholine rings is 1. The predicted molar refractivity (Wildman–Crippen MR) is 83.9 cm³/mol. The van der Waals surface area contributed by atoms with E-state index in [1.54, 1.807) is 11.3 Å². The second-order valence-electron chi connectivity index (χ2n) is 5.89. The molecule has 0 radical (unpaired) electrons. The van der Waals surface area contributed by atoms with Crippen LogP contribution >= 0.6 is 11.3 Å². The quantitative estimate of drug-likeness (QED) is 0.853. The first-order valence-corrected chi connectivity index (χ1v) is 8.71. The van der Waals surface area contributed by atoms with Crippen molar-refractivity contribution in [3.63, 3.8) is 0 Å². The van der Waals surface area contributed by atoms with E-state index >= 15 is 0 Å². The van der Waals surface area contributed by atoms with Gasteiger partial charge in [0, 0.05) is 37.4 Å². The molecule has 0 saturated carbocycles. The molecule has 0 aromatic carbocycles. The fraction of sp³-hybridized carbons (Fsp3) is 0.600. The van der Waals surface area contributed by atoms with Crippen molar-refractivity contribution in [2.75, 3.05) is 32.8 Å². The number of fused-ring (bicyclic) bond motifs is 1. The molecule has 2 fully saturated rings. The first-order chi connectivity index (χ1) is 10.8. The van der Waals surface area contributed by atoms with Gasteiger partial charge in [-0.3, -0.25) is 14.1 Å². The van der Waals surface area contributed by atoms with Crippen molar-refractivity contribution in [3.05, 3.63) is 23.5 Å². The average molecular weight is 320 g/mol. The van der Waals surface area contributed by atoms with Crippen molar-refractivity contribution in [2.24, 2.45) is 0 Å². The van der Waals surface area contributed by atoms with E-state index in [4.69, 9.17) is 4.74 Å². The Morgan fingerprint density at radius 1 is 1.36 bits per heavy atom. The third-order valence-electron chi connectivity index (χ3n) is 4.48. The van der Waals surface area contributed by atoms with Crippen molar-refractivity contribution in [3.8, 4) is 0 Å². The molecule has 118 valence electrons. The smallest absolute Gasteiger partial charge is 0.240 e. The Morgan fingerprint density at radius 3 is 3.05 bits per heavy atom. The molecule has 22 heavy (non-hydrogen) atoms. The fourth-order valence-electron chi connectivity index (χ4n) is 3.35. The van der Waals surface area contributed by atoms with Crippen LogP contribution in [0.2, 0.25) is 0 Å². The first-order valence-electron chi connectivity index (χ1n) is 7.83. The summed E-state index contributed by atoms with van der Waals surface area (Å²) in [5, 5.41) is 2.03. The molecule has 0 aliphatic carbocycles. The summed E-state index contributed by atoms with van der Waals surface area (Å²) in [6, 6.07) is 0.0119. The highest BCUT2D eigenvalue weighted by Gasteiger charge is 2.34. The van der Waals surface area contributed by atoms with Crippen molar-refractivity contribution in [2.45, 2.75) is 25.4 Å². The maximum Gasteiger partial charge on any atom is 0.240 e. The Balaban J connectivity index is 1.46. The molecular weight excluding hydrogens is 300 g/mol. The molecule has 0 N–H and O–H groups in total. The molecule has 0 spiro atoms. The van der Waals surface area contributed by atoms with Crippen molar-refractivity contribution >= 4 is 22.2 Å². The Labute approximate surface area is 133 Å². The number of rotatable bonds is 3. The SMILES string of the molecule is O=C([C@@H]1CCCN1Cc1cn2ccsc2n1)N1CCOCC1. The summed E-state index contributed by atoms with van der Waals surface area (Å²) in [5.74, 6) is 0.266. The molecule has 7 heteroatoms. The van der Waals surface area contributed by atoms with Gasteiger partial charge in [0.05, 0.1) is 24.9 Å². The Morgan fingerprint density at radius 2 is 2.23 bits per heavy atom. The van der Waals surface area contributed by atoms with Gasteiger partial charge < -0.3 is 9.64 Å². The maximum atomic E-state index is 12.7. The summed E-state index contributed by atoms with van der Waals surface area (Å²) >= 11 is 1.64. The molecular formula is C15H20N4O2S. The van der Waals surface area contributed by atoms with Crippen LogP contribution in [-0.4, -0.2) is 64.0 Å². The zero-order valence-electron chi connectivity index (χ0n) is 12.5. The number of amides is 1. The highest BCUT2D eigenvalue weighted by atomic mass is 32.1. The van der Waals surface area contributed by atoms with Gasteiger partial charge in [-0.15, -0.1) is 11.3 Å². The zero-order valence-corrected chi connectivity index (χ0v) is 13.3. The molecule has 1 atom stereocenters. The summed E-state index contributed by atoms with van der Waals surface area (Å²) in [4.78, 5) is 22.6. The van der Waals surface area contributed by atoms with Gasteiger partial charge >= 0.3 is 0 Å². The number of hydrogen-bond acceptors (Lipinski definition) is 5. The highest BCUT2D eigenvalue weighted by molar-refractivity contribution is 7.15. The monoisotopic (exact) mass is 320 g/mol. The molecule has 4 heterocycles. The Hall–Kier alpha value is -1.44. The number of aromatic nitrogens is 2. The van der Waals surface area contributed by atoms with E-state index in [9.17, 15) is 4.79 Å². The number of nitrogens with zero attached hydrogens (tertiary/aromatic N) is 4. The lowest BCUT2D eigenvalue weighted by Gasteiger charge is -2.32. The van der Waals surface area contributed by atoms with Crippen LogP contribution in [0.4, 0.5) is 0 Å². The van der Waals surface area contributed by atoms with Crippen LogP contribution in [0.25, 0.3) is 4.96 Å². The van der Waals surface area contributed by atoms with Crippen LogP contribution < -0.4 is 0 Å². The minimum atomic E-state index is 0.0119. The number of thiazole rings is 1. The standard InChI is InChI=1S/C15H20N4O2S/c20-14(17-4-7-21-8-5-17)13-2-1-3-18(13)10-12-11-19-6-9-22-15(19)16-12/h6,9,11,13H,1-5,7-8,10H2/t13-/m0/s1. The minimum Gasteiger partial charge on any atom is -0.378 e. The number of carbonyl (C=O) groups excluding carboxylic acids is 1. The summed E-state index contributed by atoms with van der Waals surface area (Å²) in [5.41, 5.74) is 1.05. The molecule has 2 aromatic rings. The first kappa shape index (κ1) is 14.2. The number of imidazole rings is 1. The molecule has 2 aliphatic rings. The number of hydrogen-bond donors (Lipinski definition) is 0. The highest BCUT2D eigenvalue weighted by Crippen LogP contribution is 2.23. The summed E-state index contributed by atoms with van der Waals surface area (Å²) in [6.07, 6.45) is 6.14. The Bertz CT molecular complexity index is 633. The van der Waals surface area contributed by atoms with Crippen LogP contribution in [0.1, 0.15) is 18.5 Å². The van der Waals surface area contributed by atoms with Gasteiger partial charge in [-0.25, -0.2) is 4.98 Å². The summed E-state index contributed by atoms with van der Waals surface area (Å²) < 4.78 is 7.39. The number of carbonyl (C=O) groups is 1. The van der Waals surface area contributed by atoms with Crippen molar-refractivity contribution in [1.82, 2.24) is 19.2 Å². The van der Waals surface area contributed by atoms with Crippen LogP contribution in [0.15, 0.2) is 17.8 Å². The predicted octanol–water partition coefficient (Wildman–Crippen LogP) is 1.22. The molecule has 0 bridgehead atoms. The van der Waals surface area contributed by atoms with E-state index in [1.165, 1.54) is 0 Å². The van der Waals surface area contributed by atoms with Gasteiger partial charge in [0.15, 0.2) is 4.96 Å². The number of ether oxygens (including phenoxy) is 1. The molecule has 0 unspecified atom stereocenters. The largest absolute Gasteiger partial charge is 0.378 e. The second-order valence-corrected chi connectivity index (χ2v) is 6.76. The van der Waals surface area contributed by atoms with E-state index < -0.39 is 0 Å². The van der Waals surface area contributed by atoms with Gasteiger partial charge in [0.25, 0.3) is 0 Å². The van der Waals surface area contributed by atoms with Crippen LogP contribution in [0.3, 0.4) is 0 Å². The number of likely N-dealkylation sites (tertiary alicyclic amines) is 1.